The molecule has 0 fully saturated rings. The van der Waals surface area contributed by atoms with Crippen LogP contribution < -0.4 is 4.74 Å². The average Bonchev–Trinajstić information content (AvgIpc) is 2.41. The predicted molar refractivity (Wildman–Crippen MR) is 68.2 cm³/mol. The van der Waals surface area contributed by atoms with Gasteiger partial charge in [0.2, 0.25) is 0 Å². The molecule has 0 saturated carbocycles. The van der Waals surface area contributed by atoms with Gasteiger partial charge in [-0.1, -0.05) is 24.8 Å². The second-order valence-corrected chi connectivity index (χ2v) is 5.16. The quantitative estimate of drug-likeness (QED) is 0.323. The Morgan fingerprint density at radius 1 is 1.33 bits per heavy atom. The molecule has 0 unspecified atom stereocenters. The topological polar surface area (TPSA) is 54.0 Å². The van der Waals surface area contributed by atoms with Gasteiger partial charge in [-0.15, -0.1) is 0 Å². The summed E-state index contributed by atoms with van der Waals surface area (Å²) >= 11 is 0. The molecule has 0 aromatic heterocycles. The van der Waals surface area contributed by atoms with Crippen LogP contribution in [0.2, 0.25) is 0 Å². The van der Waals surface area contributed by atoms with E-state index in [1.807, 2.05) is 12.1 Å². The molecule has 0 spiro atoms. The lowest BCUT2D eigenvalue weighted by atomic mass is 10.2. The fraction of sp³-hybridized carbons (Fsp3) is 0.250. The Hall–Kier alpha value is -1.47. The molecule has 0 radical (unpaired) electrons. The zero-order valence-corrected chi connectivity index (χ0v) is 11.6. The summed E-state index contributed by atoms with van der Waals surface area (Å²) in [4.78, 5) is 11.2. The molecule has 18 heavy (non-hydrogen) atoms. The Morgan fingerprint density at radius 2 is 2.00 bits per heavy atom. The highest BCUT2D eigenvalue weighted by Crippen LogP contribution is 2.19. The van der Waals surface area contributed by atoms with Crippen LogP contribution in [-0.4, -0.2) is 29.7 Å². The van der Waals surface area contributed by atoms with Crippen molar-refractivity contribution in [2.75, 3.05) is 14.2 Å². The van der Waals surface area contributed by atoms with Gasteiger partial charge in [0, 0.05) is 25.9 Å². The molecule has 0 N–H and O–H groups in total. The van der Waals surface area contributed by atoms with Crippen molar-refractivity contribution in [2.24, 2.45) is 0 Å². The van der Waals surface area contributed by atoms with Gasteiger partial charge in [-0.2, -0.15) is 0 Å². The maximum Gasteiger partial charge on any atom is 0.483 e. The molecule has 0 heterocycles. The number of esters is 1. The van der Waals surface area contributed by atoms with E-state index in [4.69, 9.17) is 18.0 Å². The second kappa shape index (κ2) is 7.78. The van der Waals surface area contributed by atoms with Crippen LogP contribution in [0.25, 0.3) is 0 Å². The van der Waals surface area contributed by atoms with Crippen molar-refractivity contribution in [3.63, 3.8) is 0 Å². The van der Waals surface area contributed by atoms with Gasteiger partial charge in [0.05, 0.1) is 6.61 Å². The van der Waals surface area contributed by atoms with E-state index < -0.39 is 15.5 Å². The molecule has 0 saturated heterocycles. The van der Waals surface area contributed by atoms with Gasteiger partial charge in [-0.3, -0.25) is 0 Å². The van der Waals surface area contributed by atoms with Crippen LogP contribution in [-0.2, 0) is 24.7 Å². The maximum absolute atomic E-state index is 11.2. The van der Waals surface area contributed by atoms with Crippen LogP contribution in [0.4, 0.5) is 0 Å². The Balaban J connectivity index is 2.69. The third-order valence-corrected chi connectivity index (χ3v) is 3.32. The molecule has 6 heteroatoms. The molecule has 5 nitrogen and oxygen atoms in total. The molecule has 98 valence electrons. The smallest absolute Gasteiger partial charge is 0.423 e. The van der Waals surface area contributed by atoms with Crippen LogP contribution >= 0.6 is 0 Å². The van der Waals surface area contributed by atoms with Gasteiger partial charge < -0.3 is 18.0 Å². The molecular formula is C12H16O5Si. The number of hydrogen-bond donors (Lipinski definition) is 0. The first-order valence-electron chi connectivity index (χ1n) is 5.30. The Labute approximate surface area is 108 Å². The average molecular weight is 268 g/mol. The first-order chi connectivity index (χ1) is 8.71. The highest BCUT2D eigenvalue weighted by molar-refractivity contribution is 6.36. The van der Waals surface area contributed by atoms with Gasteiger partial charge in [0.15, 0.2) is 0 Å². The number of carbonyl (C=O) groups is 1. The first-order valence-corrected chi connectivity index (χ1v) is 6.72. The van der Waals surface area contributed by atoms with Crippen molar-refractivity contribution in [3.8, 4) is 5.75 Å². The number of para-hydroxylation sites is 1. The number of benzene rings is 1. The van der Waals surface area contributed by atoms with E-state index in [-0.39, 0.29) is 6.61 Å². The van der Waals surface area contributed by atoms with E-state index >= 15 is 0 Å². The molecule has 1 aromatic rings. The lowest BCUT2D eigenvalue weighted by Gasteiger charge is -2.13. The molecule has 1 rings (SSSR count). The van der Waals surface area contributed by atoms with Gasteiger partial charge in [-0.05, 0) is 6.07 Å². The van der Waals surface area contributed by atoms with Crippen LogP contribution in [0.15, 0.2) is 36.9 Å². The van der Waals surface area contributed by atoms with Crippen LogP contribution in [0.1, 0.15) is 5.56 Å². The standard InChI is InChI=1S/C12H16O5Si/c1-4-12(13)17-11-8-6-5-7-10(11)9-16-18(14-2)15-3/h4-8,18H,1,9H2,2-3H3. The van der Waals surface area contributed by atoms with Gasteiger partial charge in [-0.25, -0.2) is 4.79 Å². The molecule has 0 aliphatic carbocycles. The van der Waals surface area contributed by atoms with E-state index in [2.05, 4.69) is 6.58 Å². The summed E-state index contributed by atoms with van der Waals surface area (Å²) in [6, 6.07) is 7.11. The zero-order chi connectivity index (χ0) is 13.4. The predicted octanol–water partition coefficient (Wildman–Crippen LogP) is 1.30. The number of rotatable bonds is 7. The van der Waals surface area contributed by atoms with Gasteiger partial charge in [0.1, 0.15) is 5.75 Å². The zero-order valence-electron chi connectivity index (χ0n) is 10.4. The minimum atomic E-state index is -2.09. The first kappa shape index (κ1) is 14.6. The molecule has 0 amide bonds. The van der Waals surface area contributed by atoms with Crippen molar-refractivity contribution in [3.05, 3.63) is 42.5 Å². The lowest BCUT2D eigenvalue weighted by molar-refractivity contribution is -0.129. The number of ether oxygens (including phenoxy) is 1. The third-order valence-electron chi connectivity index (χ3n) is 2.11. The highest BCUT2D eigenvalue weighted by Gasteiger charge is 2.13. The fourth-order valence-electron chi connectivity index (χ4n) is 1.26. The fourth-order valence-corrected chi connectivity index (χ4v) is 2.04. The minimum Gasteiger partial charge on any atom is -0.423 e. The summed E-state index contributed by atoms with van der Waals surface area (Å²) in [6.07, 6.45) is 1.11. The van der Waals surface area contributed by atoms with Crippen molar-refractivity contribution < 1.29 is 22.8 Å². The van der Waals surface area contributed by atoms with Crippen molar-refractivity contribution in [1.29, 1.82) is 0 Å². The van der Waals surface area contributed by atoms with Crippen molar-refractivity contribution in [1.82, 2.24) is 0 Å². The lowest BCUT2D eigenvalue weighted by Crippen LogP contribution is -2.23. The normalized spacial score (nSPS) is 10.4. The number of hydrogen-bond acceptors (Lipinski definition) is 5. The summed E-state index contributed by atoms with van der Waals surface area (Å²) in [6.45, 7) is 3.61. The second-order valence-electron chi connectivity index (χ2n) is 3.30. The van der Waals surface area contributed by atoms with Crippen LogP contribution in [0.3, 0.4) is 0 Å². The molecule has 0 atom stereocenters. The van der Waals surface area contributed by atoms with E-state index in [9.17, 15) is 4.79 Å². The van der Waals surface area contributed by atoms with Gasteiger partial charge in [0.25, 0.3) is 0 Å². The van der Waals surface area contributed by atoms with Gasteiger partial charge >= 0.3 is 15.5 Å². The van der Waals surface area contributed by atoms with Crippen molar-refractivity contribution >= 4 is 15.5 Å². The Morgan fingerprint density at radius 3 is 2.61 bits per heavy atom. The summed E-state index contributed by atoms with van der Waals surface area (Å²) in [7, 11) is 0.977. The molecule has 0 aliphatic rings. The maximum atomic E-state index is 11.2. The number of carbonyl (C=O) groups excluding carboxylic acids is 1. The third kappa shape index (κ3) is 4.42. The van der Waals surface area contributed by atoms with Crippen LogP contribution in [0.5, 0.6) is 5.75 Å². The SMILES string of the molecule is C=CC(=O)Oc1ccccc1CO[SiH](OC)OC. The summed E-state index contributed by atoms with van der Waals surface area (Å²) in [5.41, 5.74) is 0.749. The van der Waals surface area contributed by atoms with Crippen molar-refractivity contribution in [2.45, 2.75) is 6.61 Å². The molecule has 0 aliphatic heterocycles. The summed E-state index contributed by atoms with van der Waals surface area (Å²) in [5, 5.41) is 0. The summed E-state index contributed by atoms with van der Waals surface area (Å²) in [5.74, 6) is -0.0583. The monoisotopic (exact) mass is 268 g/mol. The highest BCUT2D eigenvalue weighted by atomic mass is 28.3. The van der Waals surface area contributed by atoms with E-state index in [0.717, 1.165) is 11.6 Å². The molecular weight excluding hydrogens is 252 g/mol. The molecule has 0 bridgehead atoms. The molecule has 1 aromatic carbocycles. The minimum absolute atomic E-state index is 0.263. The van der Waals surface area contributed by atoms with E-state index in [1.165, 1.54) is 14.2 Å². The van der Waals surface area contributed by atoms with E-state index in [1.54, 1.807) is 12.1 Å². The Bertz CT molecular complexity index is 403. The largest absolute Gasteiger partial charge is 0.483 e. The van der Waals surface area contributed by atoms with E-state index in [0.29, 0.717) is 5.75 Å². The summed E-state index contributed by atoms with van der Waals surface area (Å²) < 4.78 is 20.6. The van der Waals surface area contributed by atoms with Crippen LogP contribution in [0, 0.1) is 0 Å². The Kier molecular flexibility index (Phi) is 6.30.